The Morgan fingerprint density at radius 3 is 2.39 bits per heavy atom. The number of hydrogen-bond donors (Lipinski definition) is 1. The Bertz CT molecular complexity index is 867. The van der Waals surface area contributed by atoms with Crippen molar-refractivity contribution in [1.29, 1.82) is 0 Å². The summed E-state index contributed by atoms with van der Waals surface area (Å²) in [6.45, 7) is 0. The number of anilines is 1. The predicted molar refractivity (Wildman–Crippen MR) is 115 cm³/mol. The first kappa shape index (κ1) is 18.2. The first-order valence-corrected chi connectivity index (χ1v) is 11.1. The van der Waals surface area contributed by atoms with Crippen LogP contribution in [-0.4, -0.2) is 10.2 Å². The second kappa shape index (κ2) is 6.91. The van der Waals surface area contributed by atoms with Gasteiger partial charge in [0.05, 0.1) is 5.69 Å². The fourth-order valence-electron chi connectivity index (χ4n) is 6.35. The summed E-state index contributed by atoms with van der Waals surface area (Å²) in [5.74, 6) is 3.16. The highest BCUT2D eigenvalue weighted by molar-refractivity contribution is 9.10. The Kier molecular flexibility index (Phi) is 4.50. The number of halogens is 1. The average Bonchev–Trinajstić information content (AvgIpc) is 2.61. The van der Waals surface area contributed by atoms with Crippen LogP contribution < -0.4 is 10.1 Å². The van der Waals surface area contributed by atoms with Gasteiger partial charge in [0, 0.05) is 10.7 Å². The van der Waals surface area contributed by atoms with Gasteiger partial charge in [-0.05, 0) is 80.0 Å². The molecule has 3 nitrogen and oxygen atoms in total. The van der Waals surface area contributed by atoms with Crippen LogP contribution in [0.5, 0.6) is 11.5 Å². The lowest BCUT2D eigenvalue weighted by atomic mass is 9.48. The van der Waals surface area contributed by atoms with Crippen molar-refractivity contribution in [3.05, 3.63) is 54.6 Å². The molecule has 146 valence electrons. The molecule has 0 aromatic heterocycles. The maximum absolute atomic E-state index is 13.0. The highest BCUT2D eigenvalue weighted by Gasteiger charge is 2.57. The summed E-state index contributed by atoms with van der Waals surface area (Å²) in [6.07, 6.45) is 8.14. The van der Waals surface area contributed by atoms with Crippen molar-refractivity contribution in [2.75, 3.05) is 5.32 Å². The molecule has 1 amide bonds. The van der Waals surface area contributed by atoms with Crippen LogP contribution in [0.2, 0.25) is 0 Å². The summed E-state index contributed by atoms with van der Waals surface area (Å²) in [6, 6.07) is 17.4. The molecule has 0 heterocycles. The van der Waals surface area contributed by atoms with E-state index in [0.29, 0.717) is 12.2 Å². The van der Waals surface area contributed by atoms with Crippen LogP contribution in [0.25, 0.3) is 0 Å². The molecule has 4 fully saturated rings. The molecule has 2 atom stereocenters. The van der Waals surface area contributed by atoms with Crippen LogP contribution >= 0.6 is 15.9 Å². The zero-order valence-electron chi connectivity index (χ0n) is 16.0. The van der Waals surface area contributed by atoms with Crippen LogP contribution in [-0.2, 0) is 4.79 Å². The second-order valence-electron chi connectivity index (χ2n) is 9.25. The Labute approximate surface area is 175 Å². The van der Waals surface area contributed by atoms with Crippen LogP contribution in [0.15, 0.2) is 54.6 Å². The molecular formula is C24H26BrNO2. The van der Waals surface area contributed by atoms with Crippen molar-refractivity contribution in [1.82, 2.24) is 0 Å². The zero-order chi connectivity index (χ0) is 19.2. The Morgan fingerprint density at radius 2 is 1.68 bits per heavy atom. The summed E-state index contributed by atoms with van der Waals surface area (Å²) in [5, 5.41) is 3.14. The maximum Gasteiger partial charge on any atom is 0.225 e. The van der Waals surface area contributed by atoms with E-state index in [1.54, 1.807) is 0 Å². The zero-order valence-corrected chi connectivity index (χ0v) is 17.6. The second-order valence-corrected chi connectivity index (χ2v) is 10.9. The molecule has 2 aromatic carbocycles. The van der Waals surface area contributed by atoms with Gasteiger partial charge in [-0.15, -0.1) is 0 Å². The third kappa shape index (κ3) is 3.59. The van der Waals surface area contributed by atoms with E-state index < -0.39 is 0 Å². The summed E-state index contributed by atoms with van der Waals surface area (Å²) >= 11 is 4.05. The number of benzene rings is 2. The van der Waals surface area contributed by atoms with Gasteiger partial charge in [0.2, 0.25) is 5.91 Å². The molecule has 4 aliphatic rings. The number of rotatable bonds is 5. The number of carbonyl (C=O) groups excluding carboxylic acids is 1. The molecule has 0 spiro atoms. The number of nitrogens with one attached hydrogen (secondary N) is 1. The van der Waals surface area contributed by atoms with Gasteiger partial charge in [-0.1, -0.05) is 46.3 Å². The molecule has 2 unspecified atom stereocenters. The SMILES string of the molecule is O=C(CC12CC3CC(CC(Br)(C3)C1)C2)Nc1ccccc1Oc1ccccc1. The molecule has 0 radical (unpaired) electrons. The van der Waals surface area contributed by atoms with E-state index in [1.807, 2.05) is 54.6 Å². The molecule has 0 aliphatic heterocycles. The van der Waals surface area contributed by atoms with Gasteiger partial charge >= 0.3 is 0 Å². The standard InChI is InChI=1S/C24H26BrNO2/c25-24-13-17-10-18(14-24)12-23(11-17,16-24)15-22(27)26-20-8-4-5-9-21(20)28-19-6-2-1-3-7-19/h1-9,17-18H,10-16H2,(H,26,27). The van der Waals surface area contributed by atoms with Gasteiger partial charge in [0.15, 0.2) is 5.75 Å². The molecule has 2 aromatic rings. The number of alkyl halides is 1. The Balaban J connectivity index is 1.30. The average molecular weight is 440 g/mol. The Hall–Kier alpha value is -1.81. The van der Waals surface area contributed by atoms with E-state index in [0.717, 1.165) is 29.7 Å². The van der Waals surface area contributed by atoms with Crippen molar-refractivity contribution in [3.63, 3.8) is 0 Å². The third-order valence-corrected chi connectivity index (χ3v) is 7.71. The Morgan fingerprint density at radius 1 is 1.00 bits per heavy atom. The number of carbonyl (C=O) groups is 1. The van der Waals surface area contributed by atoms with E-state index in [4.69, 9.17) is 4.74 Å². The topological polar surface area (TPSA) is 38.3 Å². The minimum absolute atomic E-state index is 0.113. The van der Waals surface area contributed by atoms with E-state index in [9.17, 15) is 4.79 Å². The normalized spacial score (nSPS) is 32.9. The van der Waals surface area contributed by atoms with Crippen molar-refractivity contribution >= 4 is 27.5 Å². The molecule has 4 saturated carbocycles. The summed E-state index contributed by atoms with van der Waals surface area (Å²) < 4.78 is 6.28. The lowest BCUT2D eigenvalue weighted by molar-refractivity contribution is -0.123. The number of para-hydroxylation sites is 3. The van der Waals surface area contributed by atoms with Gasteiger partial charge in [-0.2, -0.15) is 0 Å². The van der Waals surface area contributed by atoms with Gasteiger partial charge in [-0.25, -0.2) is 0 Å². The maximum atomic E-state index is 13.0. The summed E-state index contributed by atoms with van der Waals surface area (Å²) in [7, 11) is 0. The van der Waals surface area contributed by atoms with Gasteiger partial charge in [0.1, 0.15) is 5.75 Å². The molecule has 4 bridgehead atoms. The van der Waals surface area contributed by atoms with E-state index >= 15 is 0 Å². The van der Waals surface area contributed by atoms with Crippen molar-refractivity contribution in [2.45, 2.75) is 49.3 Å². The number of amides is 1. The first-order chi connectivity index (χ1) is 13.5. The largest absolute Gasteiger partial charge is 0.455 e. The predicted octanol–water partition coefficient (Wildman–Crippen LogP) is 6.54. The smallest absolute Gasteiger partial charge is 0.225 e. The molecule has 6 rings (SSSR count). The van der Waals surface area contributed by atoms with Crippen LogP contribution in [0.1, 0.15) is 44.9 Å². The molecular weight excluding hydrogens is 414 g/mol. The fourth-order valence-corrected chi connectivity index (χ4v) is 7.86. The molecule has 4 heteroatoms. The van der Waals surface area contributed by atoms with Gasteiger partial charge in [-0.3, -0.25) is 4.79 Å². The molecule has 1 N–H and O–H groups in total. The van der Waals surface area contributed by atoms with E-state index in [2.05, 4.69) is 21.2 Å². The van der Waals surface area contributed by atoms with E-state index in [1.165, 1.54) is 32.1 Å². The summed E-state index contributed by atoms with van der Waals surface area (Å²) in [4.78, 5) is 13.0. The highest BCUT2D eigenvalue weighted by Crippen LogP contribution is 2.65. The van der Waals surface area contributed by atoms with Crippen LogP contribution in [0.3, 0.4) is 0 Å². The molecule has 0 saturated heterocycles. The molecule has 4 aliphatic carbocycles. The van der Waals surface area contributed by atoms with E-state index in [-0.39, 0.29) is 15.6 Å². The quantitative estimate of drug-likeness (QED) is 0.536. The van der Waals surface area contributed by atoms with Crippen LogP contribution in [0.4, 0.5) is 5.69 Å². The lowest BCUT2D eigenvalue weighted by Gasteiger charge is -2.60. The number of hydrogen-bond acceptors (Lipinski definition) is 2. The first-order valence-electron chi connectivity index (χ1n) is 10.3. The van der Waals surface area contributed by atoms with Crippen molar-refractivity contribution < 1.29 is 9.53 Å². The van der Waals surface area contributed by atoms with Gasteiger partial charge < -0.3 is 10.1 Å². The minimum Gasteiger partial charge on any atom is -0.455 e. The minimum atomic E-state index is 0.113. The highest BCUT2D eigenvalue weighted by atomic mass is 79.9. The summed E-state index contributed by atoms with van der Waals surface area (Å²) in [5.41, 5.74) is 0.919. The monoisotopic (exact) mass is 439 g/mol. The van der Waals surface area contributed by atoms with Crippen molar-refractivity contribution in [3.8, 4) is 11.5 Å². The van der Waals surface area contributed by atoms with Crippen LogP contribution in [0, 0.1) is 17.3 Å². The molecule has 28 heavy (non-hydrogen) atoms. The fraction of sp³-hybridized carbons (Fsp3) is 0.458. The van der Waals surface area contributed by atoms with Crippen molar-refractivity contribution in [2.24, 2.45) is 17.3 Å². The third-order valence-electron chi connectivity index (χ3n) is 6.78. The lowest BCUT2D eigenvalue weighted by Crippen LogP contribution is -2.53. The van der Waals surface area contributed by atoms with Gasteiger partial charge in [0.25, 0.3) is 0 Å². The number of ether oxygens (including phenoxy) is 1.